The van der Waals surface area contributed by atoms with E-state index < -0.39 is 6.04 Å². The van der Waals surface area contributed by atoms with Crippen LogP contribution in [0.2, 0.25) is 0 Å². The van der Waals surface area contributed by atoms with Crippen molar-refractivity contribution in [3.05, 3.63) is 65.4 Å². The Kier molecular flexibility index (Phi) is 4.21. The van der Waals surface area contributed by atoms with Crippen molar-refractivity contribution in [1.29, 1.82) is 0 Å². The number of aryl methyl sites for hydroxylation is 2. The van der Waals surface area contributed by atoms with Crippen LogP contribution in [0, 0.1) is 13.8 Å². The van der Waals surface area contributed by atoms with Gasteiger partial charge in [-0.05, 0) is 44.0 Å². The number of aldehydes is 1. The lowest BCUT2D eigenvalue weighted by atomic mass is 10.1. The molecular formula is C20H20N2O2. The first kappa shape index (κ1) is 16.0. The molecule has 0 saturated heterocycles. The maximum Gasteiger partial charge on any atom is 0.247 e. The van der Waals surface area contributed by atoms with Gasteiger partial charge in [0, 0.05) is 28.4 Å². The molecule has 4 heteroatoms. The summed E-state index contributed by atoms with van der Waals surface area (Å²) in [5.74, 6) is -0.109. The van der Waals surface area contributed by atoms with E-state index in [4.69, 9.17) is 0 Å². The van der Waals surface area contributed by atoms with Gasteiger partial charge in [-0.25, -0.2) is 0 Å². The Morgan fingerprint density at radius 1 is 1.17 bits per heavy atom. The lowest BCUT2D eigenvalue weighted by Gasteiger charge is -2.17. The van der Waals surface area contributed by atoms with Crippen LogP contribution in [-0.2, 0) is 4.79 Å². The number of nitrogens with zero attached hydrogens (tertiary/aromatic N) is 1. The van der Waals surface area contributed by atoms with Crippen LogP contribution in [0.5, 0.6) is 0 Å². The summed E-state index contributed by atoms with van der Waals surface area (Å²) in [6.45, 7) is 5.80. The van der Waals surface area contributed by atoms with Gasteiger partial charge in [-0.2, -0.15) is 0 Å². The standard InChI is InChI=1S/C20H20N2O2/c1-13-8-9-14(2)18(10-13)21-20(24)15(3)22-11-16(12-23)17-6-4-5-7-19(17)22/h4-12,15H,1-3H3,(H,21,24). The van der Waals surface area contributed by atoms with E-state index in [-0.39, 0.29) is 5.91 Å². The van der Waals surface area contributed by atoms with Crippen LogP contribution in [-0.4, -0.2) is 16.8 Å². The third kappa shape index (κ3) is 2.83. The Morgan fingerprint density at radius 3 is 2.67 bits per heavy atom. The molecule has 4 nitrogen and oxygen atoms in total. The summed E-state index contributed by atoms with van der Waals surface area (Å²) in [6, 6.07) is 13.2. The van der Waals surface area contributed by atoms with Crippen LogP contribution in [0.25, 0.3) is 10.9 Å². The van der Waals surface area contributed by atoms with E-state index in [1.807, 2.05) is 67.8 Å². The third-order valence-corrected chi connectivity index (χ3v) is 4.35. The van der Waals surface area contributed by atoms with Crippen LogP contribution in [0.3, 0.4) is 0 Å². The minimum Gasteiger partial charge on any atom is -0.335 e. The van der Waals surface area contributed by atoms with Gasteiger partial charge < -0.3 is 9.88 Å². The second-order valence-electron chi connectivity index (χ2n) is 6.11. The SMILES string of the molecule is Cc1ccc(C)c(NC(=O)C(C)n2cc(C=O)c3ccccc32)c1. The summed E-state index contributed by atoms with van der Waals surface area (Å²) in [5.41, 5.74) is 4.41. The van der Waals surface area contributed by atoms with Crippen molar-refractivity contribution in [3.8, 4) is 0 Å². The number of fused-ring (bicyclic) bond motifs is 1. The second-order valence-corrected chi connectivity index (χ2v) is 6.11. The Balaban J connectivity index is 1.94. The summed E-state index contributed by atoms with van der Waals surface area (Å²) in [6.07, 6.45) is 2.57. The fraction of sp³-hybridized carbons (Fsp3) is 0.200. The first-order chi connectivity index (χ1) is 11.5. The Labute approximate surface area is 141 Å². The predicted octanol–water partition coefficient (Wildman–Crippen LogP) is 4.27. The largest absolute Gasteiger partial charge is 0.335 e. The number of amides is 1. The van der Waals surface area contributed by atoms with Crippen molar-refractivity contribution in [2.45, 2.75) is 26.8 Å². The van der Waals surface area contributed by atoms with Crippen molar-refractivity contribution in [3.63, 3.8) is 0 Å². The van der Waals surface area contributed by atoms with Gasteiger partial charge in [0.25, 0.3) is 0 Å². The molecule has 0 aliphatic rings. The molecule has 0 radical (unpaired) electrons. The van der Waals surface area contributed by atoms with E-state index in [9.17, 15) is 9.59 Å². The van der Waals surface area contributed by atoms with E-state index >= 15 is 0 Å². The van der Waals surface area contributed by atoms with Crippen molar-refractivity contribution in [2.24, 2.45) is 0 Å². The van der Waals surface area contributed by atoms with E-state index in [2.05, 4.69) is 5.32 Å². The predicted molar refractivity (Wildman–Crippen MR) is 96.6 cm³/mol. The van der Waals surface area contributed by atoms with E-state index in [0.717, 1.165) is 34.0 Å². The van der Waals surface area contributed by atoms with Gasteiger partial charge in [-0.15, -0.1) is 0 Å². The van der Waals surface area contributed by atoms with Gasteiger partial charge in [0.2, 0.25) is 5.91 Å². The summed E-state index contributed by atoms with van der Waals surface area (Å²) < 4.78 is 1.85. The molecule has 3 rings (SSSR count). The molecule has 3 aromatic rings. The van der Waals surface area contributed by atoms with Crippen LogP contribution in [0.15, 0.2) is 48.7 Å². The zero-order chi connectivity index (χ0) is 17.3. The fourth-order valence-corrected chi connectivity index (χ4v) is 2.88. The highest BCUT2D eigenvalue weighted by Crippen LogP contribution is 2.25. The first-order valence-electron chi connectivity index (χ1n) is 7.94. The van der Waals surface area contributed by atoms with E-state index in [1.165, 1.54) is 0 Å². The summed E-state index contributed by atoms with van der Waals surface area (Å²) in [7, 11) is 0. The molecule has 0 aliphatic carbocycles. The summed E-state index contributed by atoms with van der Waals surface area (Å²) in [5, 5.41) is 3.85. The monoisotopic (exact) mass is 320 g/mol. The number of anilines is 1. The molecule has 1 aromatic heterocycles. The Hall–Kier alpha value is -2.88. The molecule has 0 bridgehead atoms. The summed E-state index contributed by atoms with van der Waals surface area (Å²) >= 11 is 0. The van der Waals surface area contributed by atoms with Crippen LogP contribution >= 0.6 is 0 Å². The van der Waals surface area contributed by atoms with Gasteiger partial charge in [-0.1, -0.05) is 30.3 Å². The van der Waals surface area contributed by atoms with Gasteiger partial charge in [-0.3, -0.25) is 9.59 Å². The lowest BCUT2D eigenvalue weighted by Crippen LogP contribution is -2.23. The zero-order valence-electron chi connectivity index (χ0n) is 14.0. The average molecular weight is 320 g/mol. The topological polar surface area (TPSA) is 51.1 Å². The smallest absolute Gasteiger partial charge is 0.247 e. The number of carbonyl (C=O) groups is 2. The molecule has 1 atom stereocenters. The maximum atomic E-state index is 12.7. The number of hydrogen-bond donors (Lipinski definition) is 1. The number of carbonyl (C=O) groups excluding carboxylic acids is 2. The molecule has 24 heavy (non-hydrogen) atoms. The Morgan fingerprint density at radius 2 is 1.92 bits per heavy atom. The Bertz CT molecular complexity index is 925. The highest BCUT2D eigenvalue weighted by molar-refractivity contribution is 6.00. The van der Waals surface area contributed by atoms with Crippen LogP contribution in [0.4, 0.5) is 5.69 Å². The van der Waals surface area contributed by atoms with Gasteiger partial charge >= 0.3 is 0 Å². The minimum atomic E-state index is -0.427. The van der Waals surface area contributed by atoms with Gasteiger partial charge in [0.15, 0.2) is 6.29 Å². The zero-order valence-corrected chi connectivity index (χ0v) is 14.0. The molecule has 1 heterocycles. The van der Waals surface area contributed by atoms with E-state index in [1.54, 1.807) is 6.20 Å². The number of benzene rings is 2. The molecule has 2 aromatic carbocycles. The average Bonchev–Trinajstić information content (AvgIpc) is 2.96. The quantitative estimate of drug-likeness (QED) is 0.730. The number of para-hydroxylation sites is 1. The van der Waals surface area contributed by atoms with Crippen LogP contribution < -0.4 is 5.32 Å². The molecule has 1 amide bonds. The van der Waals surface area contributed by atoms with Crippen molar-refractivity contribution < 1.29 is 9.59 Å². The number of aromatic nitrogens is 1. The van der Waals surface area contributed by atoms with Crippen molar-refractivity contribution in [2.75, 3.05) is 5.32 Å². The molecule has 122 valence electrons. The van der Waals surface area contributed by atoms with Crippen LogP contribution in [0.1, 0.15) is 34.5 Å². The fourth-order valence-electron chi connectivity index (χ4n) is 2.88. The van der Waals surface area contributed by atoms with Crippen molar-refractivity contribution >= 4 is 28.8 Å². The lowest BCUT2D eigenvalue weighted by molar-refractivity contribution is -0.118. The number of hydrogen-bond acceptors (Lipinski definition) is 2. The molecule has 0 fully saturated rings. The highest BCUT2D eigenvalue weighted by Gasteiger charge is 2.19. The molecule has 1 N–H and O–H groups in total. The molecule has 0 saturated carbocycles. The highest BCUT2D eigenvalue weighted by atomic mass is 16.2. The van der Waals surface area contributed by atoms with Crippen molar-refractivity contribution in [1.82, 2.24) is 4.57 Å². The number of nitrogens with one attached hydrogen (secondary N) is 1. The third-order valence-electron chi connectivity index (χ3n) is 4.35. The molecule has 0 aliphatic heterocycles. The molecule has 0 spiro atoms. The van der Waals surface area contributed by atoms with Gasteiger partial charge in [0.05, 0.1) is 0 Å². The number of rotatable bonds is 4. The maximum absolute atomic E-state index is 12.7. The van der Waals surface area contributed by atoms with E-state index in [0.29, 0.717) is 5.56 Å². The molecule has 1 unspecified atom stereocenters. The first-order valence-corrected chi connectivity index (χ1v) is 7.94. The van der Waals surface area contributed by atoms with Gasteiger partial charge in [0.1, 0.15) is 6.04 Å². The molecular weight excluding hydrogens is 300 g/mol. The summed E-state index contributed by atoms with van der Waals surface area (Å²) in [4.78, 5) is 24.0. The normalized spacial score (nSPS) is 12.1. The second kappa shape index (κ2) is 6.32. The minimum absolute atomic E-state index is 0.109.